The van der Waals surface area contributed by atoms with E-state index in [1.54, 1.807) is 7.05 Å². The van der Waals surface area contributed by atoms with Crippen LogP contribution in [0.3, 0.4) is 0 Å². The summed E-state index contributed by atoms with van der Waals surface area (Å²) in [5.74, 6) is 0.791. The second-order valence-electron chi connectivity index (χ2n) is 2.96. The van der Waals surface area contributed by atoms with E-state index < -0.39 is 0 Å². The third-order valence-electron chi connectivity index (χ3n) is 1.98. The molecule has 0 atom stereocenters. The molecule has 1 aromatic carbocycles. The standard InChI is InChI=1S/C11H15NO3/c1-4-15-10-7-5-9(6-8-10)12(2)11(13)14-3/h5-8H,4H2,1-3H3. The number of methoxy groups -OCH3 is 1. The monoisotopic (exact) mass is 209 g/mol. The maximum absolute atomic E-state index is 11.2. The highest BCUT2D eigenvalue weighted by atomic mass is 16.5. The zero-order valence-corrected chi connectivity index (χ0v) is 9.19. The summed E-state index contributed by atoms with van der Waals surface area (Å²) in [6.07, 6.45) is -0.390. The van der Waals surface area contributed by atoms with Crippen molar-refractivity contribution in [1.82, 2.24) is 0 Å². The number of ether oxygens (including phenoxy) is 2. The van der Waals surface area contributed by atoms with Gasteiger partial charge in [-0.1, -0.05) is 0 Å². The Morgan fingerprint density at radius 1 is 1.33 bits per heavy atom. The van der Waals surface area contributed by atoms with Crippen LogP contribution in [-0.4, -0.2) is 26.9 Å². The first-order valence-electron chi connectivity index (χ1n) is 4.73. The number of hydrogen-bond acceptors (Lipinski definition) is 3. The lowest BCUT2D eigenvalue weighted by Gasteiger charge is -2.15. The molecule has 0 aliphatic rings. The number of rotatable bonds is 3. The van der Waals surface area contributed by atoms with Crippen molar-refractivity contribution >= 4 is 11.8 Å². The highest BCUT2D eigenvalue weighted by Gasteiger charge is 2.09. The quantitative estimate of drug-likeness (QED) is 0.766. The van der Waals surface area contributed by atoms with Gasteiger partial charge in [0.05, 0.1) is 13.7 Å². The summed E-state index contributed by atoms with van der Waals surface area (Å²) in [5, 5.41) is 0. The van der Waals surface area contributed by atoms with E-state index in [-0.39, 0.29) is 6.09 Å². The average Bonchev–Trinajstić information content (AvgIpc) is 2.28. The molecular formula is C11H15NO3. The molecule has 1 rings (SSSR count). The fourth-order valence-corrected chi connectivity index (χ4v) is 1.17. The minimum atomic E-state index is -0.390. The Kier molecular flexibility index (Phi) is 3.97. The highest BCUT2D eigenvalue weighted by Crippen LogP contribution is 2.18. The predicted molar refractivity (Wildman–Crippen MR) is 58.4 cm³/mol. The van der Waals surface area contributed by atoms with E-state index in [4.69, 9.17) is 4.74 Å². The molecule has 0 saturated heterocycles. The Morgan fingerprint density at radius 2 is 1.93 bits per heavy atom. The lowest BCUT2D eigenvalue weighted by atomic mass is 10.3. The number of carbonyl (C=O) groups is 1. The fraction of sp³-hybridized carbons (Fsp3) is 0.364. The maximum Gasteiger partial charge on any atom is 0.413 e. The SMILES string of the molecule is CCOc1ccc(N(C)C(=O)OC)cc1. The van der Waals surface area contributed by atoms with Gasteiger partial charge in [-0.25, -0.2) is 4.79 Å². The fourth-order valence-electron chi connectivity index (χ4n) is 1.17. The van der Waals surface area contributed by atoms with Crippen LogP contribution in [0.15, 0.2) is 24.3 Å². The third-order valence-corrected chi connectivity index (χ3v) is 1.98. The molecule has 1 aromatic rings. The molecule has 0 spiro atoms. The van der Waals surface area contributed by atoms with Crippen molar-refractivity contribution in [1.29, 1.82) is 0 Å². The molecule has 0 aromatic heterocycles. The van der Waals surface area contributed by atoms with Gasteiger partial charge in [0.15, 0.2) is 0 Å². The van der Waals surface area contributed by atoms with E-state index in [1.807, 2.05) is 31.2 Å². The van der Waals surface area contributed by atoms with Crippen LogP contribution < -0.4 is 9.64 Å². The molecule has 0 N–H and O–H groups in total. The number of hydrogen-bond donors (Lipinski definition) is 0. The molecule has 4 heteroatoms. The molecule has 0 aliphatic carbocycles. The summed E-state index contributed by atoms with van der Waals surface area (Å²) < 4.78 is 9.89. The first-order chi connectivity index (χ1) is 7.19. The molecule has 0 heterocycles. The van der Waals surface area contributed by atoms with Gasteiger partial charge in [-0.3, -0.25) is 4.90 Å². The summed E-state index contributed by atoms with van der Waals surface area (Å²) in [4.78, 5) is 12.6. The summed E-state index contributed by atoms with van der Waals surface area (Å²) >= 11 is 0. The Labute approximate surface area is 89.4 Å². The molecule has 4 nitrogen and oxygen atoms in total. The van der Waals surface area contributed by atoms with Crippen molar-refractivity contribution in [3.05, 3.63) is 24.3 Å². The van der Waals surface area contributed by atoms with Crippen molar-refractivity contribution in [3.8, 4) is 5.75 Å². The molecule has 0 aliphatic heterocycles. The van der Waals surface area contributed by atoms with Crippen LogP contribution >= 0.6 is 0 Å². The maximum atomic E-state index is 11.2. The van der Waals surface area contributed by atoms with Gasteiger partial charge in [-0.15, -0.1) is 0 Å². The van der Waals surface area contributed by atoms with Crippen LogP contribution in [-0.2, 0) is 4.74 Å². The van der Waals surface area contributed by atoms with E-state index in [1.165, 1.54) is 12.0 Å². The second-order valence-corrected chi connectivity index (χ2v) is 2.96. The van der Waals surface area contributed by atoms with Crippen LogP contribution in [0.4, 0.5) is 10.5 Å². The Bertz CT molecular complexity index is 321. The lowest BCUT2D eigenvalue weighted by molar-refractivity contribution is 0.180. The zero-order valence-electron chi connectivity index (χ0n) is 9.19. The van der Waals surface area contributed by atoms with Crippen molar-refractivity contribution in [2.24, 2.45) is 0 Å². The van der Waals surface area contributed by atoms with E-state index in [2.05, 4.69) is 4.74 Å². The van der Waals surface area contributed by atoms with Crippen molar-refractivity contribution in [3.63, 3.8) is 0 Å². The van der Waals surface area contributed by atoms with Crippen LogP contribution in [0, 0.1) is 0 Å². The van der Waals surface area contributed by atoms with E-state index in [0.717, 1.165) is 11.4 Å². The number of anilines is 1. The van der Waals surface area contributed by atoms with Gasteiger partial charge in [0.2, 0.25) is 0 Å². The summed E-state index contributed by atoms with van der Waals surface area (Å²) in [6, 6.07) is 7.25. The molecule has 0 saturated carbocycles. The molecule has 0 unspecified atom stereocenters. The molecule has 15 heavy (non-hydrogen) atoms. The predicted octanol–water partition coefficient (Wildman–Crippen LogP) is 2.29. The van der Waals surface area contributed by atoms with Gasteiger partial charge >= 0.3 is 6.09 Å². The Hall–Kier alpha value is -1.71. The molecule has 1 amide bonds. The molecular weight excluding hydrogens is 194 g/mol. The number of carbonyl (C=O) groups excluding carboxylic acids is 1. The lowest BCUT2D eigenvalue weighted by Crippen LogP contribution is -2.25. The van der Waals surface area contributed by atoms with Gasteiger partial charge in [-0.05, 0) is 31.2 Å². The molecule has 82 valence electrons. The molecule has 0 bridgehead atoms. The average molecular weight is 209 g/mol. The van der Waals surface area contributed by atoms with E-state index >= 15 is 0 Å². The normalized spacial score (nSPS) is 9.53. The Balaban J connectivity index is 2.75. The Morgan fingerprint density at radius 3 is 2.40 bits per heavy atom. The van der Waals surface area contributed by atoms with Gasteiger partial charge in [0.25, 0.3) is 0 Å². The second kappa shape index (κ2) is 5.24. The van der Waals surface area contributed by atoms with E-state index in [0.29, 0.717) is 6.61 Å². The number of benzene rings is 1. The van der Waals surface area contributed by atoms with E-state index in [9.17, 15) is 4.79 Å². The molecule has 0 fully saturated rings. The highest BCUT2D eigenvalue weighted by molar-refractivity contribution is 5.86. The number of amides is 1. The molecule has 0 radical (unpaired) electrons. The number of nitrogens with zero attached hydrogens (tertiary/aromatic N) is 1. The minimum absolute atomic E-state index is 0.390. The smallest absolute Gasteiger partial charge is 0.413 e. The van der Waals surface area contributed by atoms with Crippen molar-refractivity contribution < 1.29 is 14.3 Å². The first kappa shape index (κ1) is 11.4. The first-order valence-corrected chi connectivity index (χ1v) is 4.73. The van der Waals surface area contributed by atoms with Gasteiger partial charge in [0.1, 0.15) is 5.75 Å². The minimum Gasteiger partial charge on any atom is -0.494 e. The summed E-state index contributed by atoms with van der Waals surface area (Å²) in [7, 11) is 3.01. The van der Waals surface area contributed by atoms with Crippen LogP contribution in [0.2, 0.25) is 0 Å². The van der Waals surface area contributed by atoms with Gasteiger partial charge in [0, 0.05) is 12.7 Å². The van der Waals surface area contributed by atoms with Gasteiger partial charge < -0.3 is 9.47 Å². The van der Waals surface area contributed by atoms with Crippen LogP contribution in [0.5, 0.6) is 5.75 Å². The van der Waals surface area contributed by atoms with Crippen molar-refractivity contribution in [2.75, 3.05) is 25.7 Å². The third kappa shape index (κ3) is 2.87. The largest absolute Gasteiger partial charge is 0.494 e. The van der Waals surface area contributed by atoms with Crippen LogP contribution in [0.1, 0.15) is 6.92 Å². The summed E-state index contributed by atoms with van der Waals surface area (Å²) in [5.41, 5.74) is 0.769. The van der Waals surface area contributed by atoms with Crippen molar-refractivity contribution in [2.45, 2.75) is 6.92 Å². The zero-order chi connectivity index (χ0) is 11.3. The van der Waals surface area contributed by atoms with Crippen LogP contribution in [0.25, 0.3) is 0 Å². The summed E-state index contributed by atoms with van der Waals surface area (Å²) in [6.45, 7) is 2.56. The van der Waals surface area contributed by atoms with Gasteiger partial charge in [-0.2, -0.15) is 0 Å². The topological polar surface area (TPSA) is 38.8 Å².